The van der Waals surface area contributed by atoms with Crippen LogP contribution in [0.3, 0.4) is 0 Å². The summed E-state index contributed by atoms with van der Waals surface area (Å²) in [5.74, 6) is 2.48. The Morgan fingerprint density at radius 3 is 2.53 bits per heavy atom. The van der Waals surface area contributed by atoms with E-state index >= 15 is 0 Å². The van der Waals surface area contributed by atoms with Crippen molar-refractivity contribution in [3.63, 3.8) is 0 Å². The molecule has 80 valence electrons. The van der Waals surface area contributed by atoms with Crippen molar-refractivity contribution in [2.24, 2.45) is 0 Å². The van der Waals surface area contributed by atoms with Gasteiger partial charge in [0, 0.05) is 0 Å². The number of rotatable bonds is 1. The van der Waals surface area contributed by atoms with Crippen molar-refractivity contribution in [2.75, 3.05) is 7.11 Å². The van der Waals surface area contributed by atoms with Crippen LogP contribution in [0, 0.1) is 17.3 Å². The van der Waals surface area contributed by atoms with Crippen molar-refractivity contribution >= 4 is 8.07 Å². The van der Waals surface area contributed by atoms with Crippen molar-refractivity contribution in [1.29, 1.82) is 0 Å². The van der Waals surface area contributed by atoms with E-state index in [0.29, 0.717) is 5.69 Å². The molecule has 4 heteroatoms. The quantitative estimate of drug-likeness (QED) is 0.539. The van der Waals surface area contributed by atoms with Crippen LogP contribution in [0.25, 0.3) is 0 Å². The third kappa shape index (κ3) is 3.72. The molecule has 1 rings (SSSR count). The molecular formula is C11H14FNOSi. The molecular weight excluding hydrogens is 209 g/mol. The molecule has 2 nitrogen and oxygen atoms in total. The summed E-state index contributed by atoms with van der Waals surface area (Å²) in [5, 5.41) is 0. The average molecular weight is 223 g/mol. The van der Waals surface area contributed by atoms with Crippen LogP contribution < -0.4 is 4.74 Å². The van der Waals surface area contributed by atoms with E-state index in [-0.39, 0.29) is 5.88 Å². The summed E-state index contributed by atoms with van der Waals surface area (Å²) in [7, 11) is -0.0268. The third-order valence-electron chi connectivity index (χ3n) is 1.57. The second-order valence-corrected chi connectivity index (χ2v) is 8.94. The molecule has 1 aromatic heterocycles. The van der Waals surface area contributed by atoms with Crippen LogP contribution in [0.2, 0.25) is 19.6 Å². The molecule has 0 radical (unpaired) electrons. The van der Waals surface area contributed by atoms with Gasteiger partial charge in [-0.3, -0.25) is 0 Å². The Morgan fingerprint density at radius 2 is 2.00 bits per heavy atom. The topological polar surface area (TPSA) is 22.1 Å². The zero-order chi connectivity index (χ0) is 11.5. The molecule has 0 N–H and O–H groups in total. The van der Waals surface area contributed by atoms with Crippen LogP contribution in [-0.2, 0) is 0 Å². The van der Waals surface area contributed by atoms with Gasteiger partial charge in [0.1, 0.15) is 13.8 Å². The Bertz CT molecular complexity index is 415. The Balaban J connectivity index is 3.01. The molecule has 1 heterocycles. The van der Waals surface area contributed by atoms with E-state index in [1.165, 1.54) is 13.2 Å². The van der Waals surface area contributed by atoms with Gasteiger partial charge in [-0.05, 0) is 12.1 Å². The number of hydrogen-bond donors (Lipinski definition) is 0. The monoisotopic (exact) mass is 223 g/mol. The van der Waals surface area contributed by atoms with Crippen LogP contribution in [0.15, 0.2) is 12.1 Å². The summed E-state index contributed by atoms with van der Waals surface area (Å²) in [6, 6.07) is 2.88. The maximum Gasteiger partial charge on any atom is 0.251 e. The van der Waals surface area contributed by atoms with E-state index in [4.69, 9.17) is 4.74 Å². The molecule has 0 atom stereocenters. The summed E-state index contributed by atoms with van der Waals surface area (Å²) in [6.45, 7) is 6.42. The maximum absolute atomic E-state index is 13.0. The highest BCUT2D eigenvalue weighted by molar-refractivity contribution is 6.83. The number of ether oxygens (including phenoxy) is 1. The first-order chi connectivity index (χ1) is 6.92. The second-order valence-electron chi connectivity index (χ2n) is 4.19. The zero-order valence-corrected chi connectivity index (χ0v) is 10.4. The Morgan fingerprint density at radius 1 is 1.33 bits per heavy atom. The van der Waals surface area contributed by atoms with E-state index in [1.807, 2.05) is 0 Å². The summed E-state index contributed by atoms with van der Waals surface area (Å²) >= 11 is 0. The van der Waals surface area contributed by atoms with E-state index in [1.54, 1.807) is 6.07 Å². The fourth-order valence-electron chi connectivity index (χ4n) is 0.888. The van der Waals surface area contributed by atoms with Gasteiger partial charge in [0.05, 0.1) is 7.11 Å². The number of pyridine rings is 1. The van der Waals surface area contributed by atoms with Crippen molar-refractivity contribution in [3.05, 3.63) is 23.6 Å². The van der Waals surface area contributed by atoms with Gasteiger partial charge in [-0.25, -0.2) is 9.37 Å². The van der Waals surface area contributed by atoms with Crippen molar-refractivity contribution in [2.45, 2.75) is 19.6 Å². The molecule has 0 aliphatic rings. The smallest absolute Gasteiger partial charge is 0.251 e. The molecule has 15 heavy (non-hydrogen) atoms. The molecule has 0 aromatic carbocycles. The number of halogens is 1. The highest BCUT2D eigenvalue weighted by Crippen LogP contribution is 2.12. The average Bonchev–Trinajstić information content (AvgIpc) is 2.15. The van der Waals surface area contributed by atoms with E-state index in [9.17, 15) is 4.39 Å². The van der Waals surface area contributed by atoms with Gasteiger partial charge in [0.2, 0.25) is 0 Å². The lowest BCUT2D eigenvalue weighted by molar-refractivity contribution is 0.368. The Labute approximate surface area is 90.5 Å². The van der Waals surface area contributed by atoms with Gasteiger partial charge in [-0.2, -0.15) is 0 Å². The molecule has 0 bridgehead atoms. The van der Waals surface area contributed by atoms with Crippen molar-refractivity contribution < 1.29 is 9.13 Å². The second kappa shape index (κ2) is 4.45. The molecule has 0 unspecified atom stereocenters. The lowest BCUT2D eigenvalue weighted by Gasteiger charge is -2.04. The van der Waals surface area contributed by atoms with E-state index < -0.39 is 13.9 Å². The molecule has 0 aliphatic carbocycles. The summed E-state index contributed by atoms with van der Waals surface area (Å²) in [4.78, 5) is 3.95. The van der Waals surface area contributed by atoms with Gasteiger partial charge in [0.25, 0.3) is 5.88 Å². The van der Waals surface area contributed by atoms with Gasteiger partial charge >= 0.3 is 0 Å². The zero-order valence-electron chi connectivity index (χ0n) is 9.39. The minimum Gasteiger partial charge on any atom is -0.479 e. The lowest BCUT2D eigenvalue weighted by atomic mass is 10.3. The van der Waals surface area contributed by atoms with E-state index in [2.05, 4.69) is 36.1 Å². The van der Waals surface area contributed by atoms with Gasteiger partial charge in [-0.1, -0.05) is 25.6 Å². The highest BCUT2D eigenvalue weighted by atomic mass is 28.3. The van der Waals surface area contributed by atoms with Crippen molar-refractivity contribution in [3.8, 4) is 17.3 Å². The lowest BCUT2D eigenvalue weighted by Crippen LogP contribution is -2.16. The number of aromatic nitrogens is 1. The first-order valence-corrected chi connectivity index (χ1v) is 8.16. The fourth-order valence-corrected chi connectivity index (χ4v) is 1.39. The Hall–Kier alpha value is -1.34. The van der Waals surface area contributed by atoms with Crippen LogP contribution in [0.4, 0.5) is 4.39 Å². The predicted molar refractivity (Wildman–Crippen MR) is 61.0 cm³/mol. The SMILES string of the molecule is COc1nc(C#C[Si](C)(C)C)ccc1F. The van der Waals surface area contributed by atoms with Crippen LogP contribution >= 0.6 is 0 Å². The first kappa shape index (κ1) is 11.7. The van der Waals surface area contributed by atoms with Crippen molar-refractivity contribution in [1.82, 2.24) is 4.98 Å². The van der Waals surface area contributed by atoms with Gasteiger partial charge in [0.15, 0.2) is 5.82 Å². The molecule has 0 saturated carbocycles. The van der Waals surface area contributed by atoms with Crippen LogP contribution in [0.1, 0.15) is 5.69 Å². The molecule has 0 spiro atoms. The largest absolute Gasteiger partial charge is 0.479 e. The van der Waals surface area contributed by atoms with Gasteiger partial charge in [-0.15, -0.1) is 5.54 Å². The molecule has 1 aromatic rings. The first-order valence-electron chi connectivity index (χ1n) is 4.66. The fraction of sp³-hybridized carbons (Fsp3) is 0.364. The summed E-state index contributed by atoms with van der Waals surface area (Å²) in [5.41, 5.74) is 3.71. The Kier molecular flexibility index (Phi) is 3.48. The minimum atomic E-state index is -1.42. The number of hydrogen-bond acceptors (Lipinski definition) is 2. The minimum absolute atomic E-state index is 0.00243. The van der Waals surface area contributed by atoms with Crippen LogP contribution in [-0.4, -0.2) is 20.2 Å². The number of methoxy groups -OCH3 is 1. The van der Waals surface area contributed by atoms with E-state index in [0.717, 1.165) is 0 Å². The maximum atomic E-state index is 13.0. The molecule has 0 saturated heterocycles. The van der Waals surface area contributed by atoms with Crippen LogP contribution in [0.5, 0.6) is 5.88 Å². The third-order valence-corrected chi connectivity index (χ3v) is 2.45. The normalized spacial score (nSPS) is 10.5. The standard InChI is InChI=1S/C11H14FNOSi/c1-14-11-10(12)6-5-9(13-11)7-8-15(2,3)4/h5-6H,1-4H3. The molecule has 0 fully saturated rings. The molecule has 0 aliphatic heterocycles. The van der Waals surface area contributed by atoms with Gasteiger partial charge < -0.3 is 4.74 Å². The summed E-state index contributed by atoms with van der Waals surface area (Å²) < 4.78 is 17.8. The highest BCUT2D eigenvalue weighted by Gasteiger charge is 2.08. The number of nitrogens with zero attached hydrogens (tertiary/aromatic N) is 1. The molecule has 0 amide bonds. The summed E-state index contributed by atoms with van der Waals surface area (Å²) in [6.07, 6.45) is 0. The predicted octanol–water partition coefficient (Wildman–Crippen LogP) is 2.46.